The molecule has 1 aromatic heterocycles. The molecule has 1 aromatic carbocycles. The smallest absolute Gasteiger partial charge is 0.344 e. The van der Waals surface area contributed by atoms with Gasteiger partial charge in [-0.25, -0.2) is 4.79 Å². The first-order valence-corrected chi connectivity index (χ1v) is 8.49. The monoisotopic (exact) mass is 345 g/mol. The van der Waals surface area contributed by atoms with Crippen LogP contribution in [0, 0.1) is 0 Å². The highest BCUT2D eigenvalue weighted by Gasteiger charge is 2.17. The van der Waals surface area contributed by atoms with Crippen molar-refractivity contribution < 1.29 is 19.0 Å². The Labute approximate surface area is 146 Å². The predicted molar refractivity (Wildman–Crippen MR) is 91.6 cm³/mol. The Kier molecular flexibility index (Phi) is 5.90. The van der Waals surface area contributed by atoms with Gasteiger partial charge in [-0.2, -0.15) is 5.10 Å². The zero-order chi connectivity index (χ0) is 17.5. The lowest BCUT2D eigenvalue weighted by Gasteiger charge is -2.26. The van der Waals surface area contributed by atoms with E-state index in [4.69, 9.17) is 14.2 Å². The molecule has 7 nitrogen and oxygen atoms in total. The fraction of sp³-hybridized carbons (Fsp3) is 0.444. The van der Waals surface area contributed by atoms with Crippen LogP contribution in [0.4, 0.5) is 0 Å². The summed E-state index contributed by atoms with van der Waals surface area (Å²) in [5.41, 5.74) is 2.52. The van der Waals surface area contributed by atoms with Gasteiger partial charge in [0.15, 0.2) is 6.61 Å². The molecule has 2 heterocycles. The van der Waals surface area contributed by atoms with E-state index in [9.17, 15) is 4.79 Å². The van der Waals surface area contributed by atoms with Gasteiger partial charge in [-0.1, -0.05) is 0 Å². The molecule has 1 aliphatic heterocycles. The van der Waals surface area contributed by atoms with E-state index in [-0.39, 0.29) is 12.6 Å². The number of carbonyl (C=O) groups is 1. The lowest BCUT2D eigenvalue weighted by molar-refractivity contribution is -0.145. The van der Waals surface area contributed by atoms with Gasteiger partial charge in [0.05, 0.1) is 12.8 Å². The molecule has 0 amide bonds. The number of ether oxygens (including phenoxy) is 3. The van der Waals surface area contributed by atoms with E-state index in [1.54, 1.807) is 19.1 Å². The maximum atomic E-state index is 11.3. The van der Waals surface area contributed by atoms with Crippen LogP contribution in [-0.4, -0.2) is 54.0 Å². The molecule has 0 fully saturated rings. The number of carbonyl (C=O) groups excluding carboxylic acids is 1. The van der Waals surface area contributed by atoms with Gasteiger partial charge < -0.3 is 14.2 Å². The van der Waals surface area contributed by atoms with Crippen molar-refractivity contribution in [3.63, 3.8) is 0 Å². The maximum absolute atomic E-state index is 11.3. The van der Waals surface area contributed by atoms with E-state index in [2.05, 4.69) is 15.1 Å². The van der Waals surface area contributed by atoms with Crippen LogP contribution in [0.15, 0.2) is 30.5 Å². The highest BCUT2D eigenvalue weighted by Crippen LogP contribution is 2.18. The number of benzene rings is 1. The first-order valence-electron chi connectivity index (χ1n) is 8.49. The van der Waals surface area contributed by atoms with E-state index >= 15 is 0 Å². The molecule has 2 aromatic rings. The number of aromatic nitrogens is 2. The normalized spacial score (nSPS) is 14.0. The topological polar surface area (TPSA) is 76.7 Å². The van der Waals surface area contributed by atoms with Crippen LogP contribution in [0.2, 0.25) is 0 Å². The Bertz CT molecular complexity index is 684. The number of rotatable bonds is 8. The van der Waals surface area contributed by atoms with E-state index in [0.29, 0.717) is 19.0 Å². The fourth-order valence-corrected chi connectivity index (χ4v) is 2.74. The first kappa shape index (κ1) is 17.3. The Morgan fingerprint density at radius 2 is 2.00 bits per heavy atom. The summed E-state index contributed by atoms with van der Waals surface area (Å²) in [4.78, 5) is 13.6. The molecule has 0 unspecified atom stereocenters. The van der Waals surface area contributed by atoms with Crippen molar-refractivity contribution in [2.45, 2.75) is 19.9 Å². The van der Waals surface area contributed by atoms with Crippen molar-refractivity contribution in [3.05, 3.63) is 41.7 Å². The number of nitrogens with zero attached hydrogens (tertiary/aromatic N) is 2. The number of aromatic amines is 1. The first-order chi connectivity index (χ1) is 12.2. The van der Waals surface area contributed by atoms with Crippen LogP contribution >= 0.6 is 0 Å². The third-order valence-electron chi connectivity index (χ3n) is 4.04. The summed E-state index contributed by atoms with van der Waals surface area (Å²) >= 11 is 0. The highest BCUT2D eigenvalue weighted by molar-refractivity contribution is 5.71. The minimum atomic E-state index is -0.370. The number of hydrogen-bond acceptors (Lipinski definition) is 6. The molecular formula is C18H23N3O4. The molecule has 1 aliphatic rings. The highest BCUT2D eigenvalue weighted by atomic mass is 16.6. The molecule has 0 bridgehead atoms. The number of hydrogen-bond donors (Lipinski definition) is 1. The Morgan fingerprint density at radius 1 is 1.24 bits per heavy atom. The van der Waals surface area contributed by atoms with Gasteiger partial charge >= 0.3 is 5.97 Å². The molecule has 7 heteroatoms. The third-order valence-corrected chi connectivity index (χ3v) is 4.04. The quantitative estimate of drug-likeness (QED) is 0.735. The summed E-state index contributed by atoms with van der Waals surface area (Å²) in [5, 5.41) is 7.13. The SMILES string of the molecule is CCOC(=O)COc1ccc(OCCN2CCc3[nH]ncc3C2)cc1. The lowest BCUT2D eigenvalue weighted by atomic mass is 10.1. The van der Waals surface area contributed by atoms with Crippen molar-refractivity contribution in [1.29, 1.82) is 0 Å². The van der Waals surface area contributed by atoms with Gasteiger partial charge in [0.25, 0.3) is 0 Å². The standard InChI is InChI=1S/C18H23N3O4/c1-2-23-18(22)13-25-16-5-3-15(4-6-16)24-10-9-21-8-7-17-14(12-21)11-19-20-17/h3-6,11H,2,7-10,12-13H2,1H3,(H,19,20). The van der Waals surface area contributed by atoms with Gasteiger partial charge in [-0.3, -0.25) is 10.00 Å². The van der Waals surface area contributed by atoms with Crippen LogP contribution in [0.3, 0.4) is 0 Å². The van der Waals surface area contributed by atoms with Crippen molar-refractivity contribution >= 4 is 5.97 Å². The molecule has 0 saturated carbocycles. The van der Waals surface area contributed by atoms with E-state index in [0.717, 1.165) is 31.8 Å². The summed E-state index contributed by atoms with van der Waals surface area (Å²) in [6.45, 7) is 5.45. The van der Waals surface area contributed by atoms with Gasteiger partial charge in [0, 0.05) is 37.3 Å². The Balaban J connectivity index is 1.38. The number of fused-ring (bicyclic) bond motifs is 1. The van der Waals surface area contributed by atoms with E-state index in [1.807, 2.05) is 18.3 Å². The molecule has 134 valence electrons. The molecule has 0 spiro atoms. The average molecular weight is 345 g/mol. The van der Waals surface area contributed by atoms with Gasteiger partial charge in [-0.15, -0.1) is 0 Å². The van der Waals surface area contributed by atoms with Crippen LogP contribution in [0.5, 0.6) is 11.5 Å². The van der Waals surface area contributed by atoms with Crippen molar-refractivity contribution in [1.82, 2.24) is 15.1 Å². The summed E-state index contributed by atoms with van der Waals surface area (Å²) in [5.74, 6) is 1.03. The number of nitrogens with one attached hydrogen (secondary N) is 1. The summed E-state index contributed by atoms with van der Waals surface area (Å²) in [6.07, 6.45) is 2.90. The second kappa shape index (κ2) is 8.53. The molecule has 3 rings (SSSR count). The summed E-state index contributed by atoms with van der Waals surface area (Å²) in [7, 11) is 0. The zero-order valence-corrected chi connectivity index (χ0v) is 14.4. The third kappa shape index (κ3) is 4.96. The zero-order valence-electron chi connectivity index (χ0n) is 14.4. The molecule has 0 radical (unpaired) electrons. The fourth-order valence-electron chi connectivity index (χ4n) is 2.74. The van der Waals surface area contributed by atoms with Crippen LogP contribution in [-0.2, 0) is 22.5 Å². The van der Waals surface area contributed by atoms with Gasteiger partial charge in [0.2, 0.25) is 0 Å². The van der Waals surface area contributed by atoms with E-state index < -0.39 is 0 Å². The number of H-pyrrole nitrogens is 1. The summed E-state index contributed by atoms with van der Waals surface area (Å²) < 4.78 is 16.0. The Morgan fingerprint density at radius 3 is 2.76 bits per heavy atom. The van der Waals surface area contributed by atoms with Crippen LogP contribution < -0.4 is 9.47 Å². The molecule has 0 aliphatic carbocycles. The van der Waals surface area contributed by atoms with Gasteiger partial charge in [-0.05, 0) is 31.2 Å². The van der Waals surface area contributed by atoms with Crippen molar-refractivity contribution in [2.24, 2.45) is 0 Å². The molecular weight excluding hydrogens is 322 g/mol. The molecule has 0 saturated heterocycles. The minimum absolute atomic E-state index is 0.0843. The van der Waals surface area contributed by atoms with Crippen LogP contribution in [0.1, 0.15) is 18.2 Å². The maximum Gasteiger partial charge on any atom is 0.344 e. The van der Waals surface area contributed by atoms with Crippen LogP contribution in [0.25, 0.3) is 0 Å². The minimum Gasteiger partial charge on any atom is -0.492 e. The second-order valence-corrected chi connectivity index (χ2v) is 5.81. The number of esters is 1. The van der Waals surface area contributed by atoms with Crippen molar-refractivity contribution in [3.8, 4) is 11.5 Å². The molecule has 0 atom stereocenters. The summed E-state index contributed by atoms with van der Waals surface area (Å²) in [6, 6.07) is 7.25. The van der Waals surface area contributed by atoms with E-state index in [1.165, 1.54) is 11.3 Å². The molecule has 1 N–H and O–H groups in total. The largest absolute Gasteiger partial charge is 0.492 e. The Hall–Kier alpha value is -2.54. The average Bonchev–Trinajstić information content (AvgIpc) is 3.09. The predicted octanol–water partition coefficient (Wildman–Crippen LogP) is 1.79. The second-order valence-electron chi connectivity index (χ2n) is 5.81. The van der Waals surface area contributed by atoms with Gasteiger partial charge in [0.1, 0.15) is 18.1 Å². The lowest BCUT2D eigenvalue weighted by Crippen LogP contribution is -2.33. The van der Waals surface area contributed by atoms with Crippen molar-refractivity contribution in [2.75, 3.05) is 32.9 Å². The molecule has 25 heavy (non-hydrogen) atoms.